The van der Waals surface area contributed by atoms with Crippen LogP contribution in [0, 0.1) is 39.0 Å². The van der Waals surface area contributed by atoms with Crippen molar-refractivity contribution in [2.75, 3.05) is 5.32 Å². The summed E-state index contributed by atoms with van der Waals surface area (Å²) in [6, 6.07) is 12.0. The van der Waals surface area contributed by atoms with Gasteiger partial charge in [0, 0.05) is 18.8 Å². The molecule has 1 N–H and O–H groups in total. The Morgan fingerprint density at radius 2 is 1.89 bits per heavy atom. The Bertz CT molecular complexity index is 1010. The number of ether oxygens (including phenoxy) is 1. The Morgan fingerprint density at radius 1 is 1.07 bits per heavy atom. The van der Waals surface area contributed by atoms with E-state index in [2.05, 4.69) is 32.6 Å². The van der Waals surface area contributed by atoms with Crippen LogP contribution in [0.15, 0.2) is 36.5 Å². The van der Waals surface area contributed by atoms with Crippen LogP contribution in [-0.2, 0) is 6.54 Å². The lowest BCUT2D eigenvalue weighted by molar-refractivity contribution is 0.459. The molecular formula is C21H21N5O. The number of hydrogen-bond acceptors (Lipinski definition) is 6. The van der Waals surface area contributed by atoms with E-state index in [-0.39, 0.29) is 0 Å². The van der Waals surface area contributed by atoms with Crippen LogP contribution in [-0.4, -0.2) is 15.2 Å². The van der Waals surface area contributed by atoms with E-state index in [0.29, 0.717) is 23.8 Å². The number of hydrogen-bond donors (Lipinski definition) is 1. The summed E-state index contributed by atoms with van der Waals surface area (Å²) in [5.41, 5.74) is 5.26. The smallest absolute Gasteiger partial charge is 0.219 e. The fourth-order valence-corrected chi connectivity index (χ4v) is 2.56. The van der Waals surface area contributed by atoms with E-state index in [1.165, 1.54) is 0 Å². The molecule has 0 radical (unpaired) electrons. The molecule has 0 bridgehead atoms. The number of aryl methyl sites for hydroxylation is 3. The number of nitriles is 1. The molecule has 0 aliphatic heterocycles. The number of anilines is 1. The van der Waals surface area contributed by atoms with E-state index in [9.17, 15) is 5.26 Å². The molecule has 0 saturated heterocycles. The highest BCUT2D eigenvalue weighted by Gasteiger charge is 2.10. The lowest BCUT2D eigenvalue weighted by atomic mass is 10.1. The normalized spacial score (nSPS) is 10.3. The summed E-state index contributed by atoms with van der Waals surface area (Å²) in [7, 11) is 0. The van der Waals surface area contributed by atoms with Crippen molar-refractivity contribution in [1.29, 1.82) is 5.26 Å². The van der Waals surface area contributed by atoms with Crippen LogP contribution in [0.5, 0.6) is 11.6 Å². The largest absolute Gasteiger partial charge is 0.439 e. The topological polar surface area (TPSA) is 83.7 Å². The Morgan fingerprint density at radius 3 is 2.59 bits per heavy atom. The molecule has 1 aromatic carbocycles. The van der Waals surface area contributed by atoms with Crippen LogP contribution in [0.4, 0.5) is 5.82 Å². The van der Waals surface area contributed by atoms with Crippen LogP contribution in [0.1, 0.15) is 33.5 Å². The average molecular weight is 359 g/mol. The minimum atomic E-state index is 0.483. The van der Waals surface area contributed by atoms with Gasteiger partial charge in [0.15, 0.2) is 5.82 Å². The fourth-order valence-electron chi connectivity index (χ4n) is 2.56. The number of rotatable bonds is 5. The average Bonchev–Trinajstić information content (AvgIpc) is 2.67. The highest BCUT2D eigenvalue weighted by Crippen LogP contribution is 2.25. The summed E-state index contributed by atoms with van der Waals surface area (Å²) >= 11 is 0. The predicted molar refractivity (Wildman–Crippen MR) is 104 cm³/mol. The number of benzene rings is 1. The third-order valence-corrected chi connectivity index (χ3v) is 4.38. The van der Waals surface area contributed by atoms with Gasteiger partial charge in [-0.1, -0.05) is 18.2 Å². The minimum Gasteiger partial charge on any atom is -0.439 e. The van der Waals surface area contributed by atoms with E-state index in [1.807, 2.05) is 52.0 Å². The molecule has 0 spiro atoms. The predicted octanol–water partition coefficient (Wildman–Crippen LogP) is 4.38. The van der Waals surface area contributed by atoms with E-state index < -0.39 is 0 Å². The lowest BCUT2D eigenvalue weighted by Crippen LogP contribution is -2.07. The van der Waals surface area contributed by atoms with Crippen molar-refractivity contribution in [1.82, 2.24) is 15.2 Å². The number of nitrogens with zero attached hydrogens (tertiary/aromatic N) is 4. The zero-order valence-corrected chi connectivity index (χ0v) is 15.9. The van der Waals surface area contributed by atoms with Crippen molar-refractivity contribution in [3.05, 3.63) is 70.0 Å². The first-order chi connectivity index (χ1) is 13.0. The van der Waals surface area contributed by atoms with Crippen LogP contribution in [0.25, 0.3) is 0 Å². The second-order valence-electron chi connectivity index (χ2n) is 6.48. The quantitative estimate of drug-likeness (QED) is 0.728. The molecule has 136 valence electrons. The molecule has 0 atom stereocenters. The third kappa shape index (κ3) is 4.21. The maximum atomic E-state index is 9.35. The van der Waals surface area contributed by atoms with Gasteiger partial charge < -0.3 is 10.1 Å². The second-order valence-corrected chi connectivity index (χ2v) is 6.48. The zero-order chi connectivity index (χ0) is 19.4. The van der Waals surface area contributed by atoms with Crippen molar-refractivity contribution in [2.45, 2.75) is 34.2 Å². The molecule has 27 heavy (non-hydrogen) atoms. The molecule has 0 fully saturated rings. The molecule has 3 rings (SSSR count). The van der Waals surface area contributed by atoms with E-state index in [1.54, 1.807) is 6.20 Å². The highest BCUT2D eigenvalue weighted by molar-refractivity contribution is 5.55. The summed E-state index contributed by atoms with van der Waals surface area (Å²) in [4.78, 5) is 4.37. The SMILES string of the molecule is Cc1ccc(C)c(Oc2ccc(CNc3nnc(C)c(C)c3C#N)cn2)c1. The van der Waals surface area contributed by atoms with Crippen molar-refractivity contribution in [3.63, 3.8) is 0 Å². The van der Waals surface area contributed by atoms with Gasteiger partial charge in [0.25, 0.3) is 0 Å². The molecule has 0 amide bonds. The maximum Gasteiger partial charge on any atom is 0.219 e. The fraction of sp³-hybridized carbons (Fsp3) is 0.238. The molecular weight excluding hydrogens is 338 g/mol. The zero-order valence-electron chi connectivity index (χ0n) is 15.9. The Labute approximate surface area is 158 Å². The summed E-state index contributed by atoms with van der Waals surface area (Å²) in [6.45, 7) is 8.23. The van der Waals surface area contributed by atoms with Crippen LogP contribution >= 0.6 is 0 Å². The van der Waals surface area contributed by atoms with Crippen LogP contribution in [0.2, 0.25) is 0 Å². The number of aromatic nitrogens is 3. The van der Waals surface area contributed by atoms with Gasteiger partial charge in [-0.05, 0) is 56.0 Å². The number of pyridine rings is 1. The van der Waals surface area contributed by atoms with Gasteiger partial charge in [-0.3, -0.25) is 0 Å². The van der Waals surface area contributed by atoms with Crippen LogP contribution in [0.3, 0.4) is 0 Å². The minimum absolute atomic E-state index is 0.483. The van der Waals surface area contributed by atoms with Gasteiger partial charge in [-0.2, -0.15) is 10.4 Å². The first-order valence-corrected chi connectivity index (χ1v) is 8.66. The van der Waals surface area contributed by atoms with Gasteiger partial charge in [0.2, 0.25) is 5.88 Å². The molecule has 0 aliphatic carbocycles. The maximum absolute atomic E-state index is 9.35. The summed E-state index contributed by atoms with van der Waals surface area (Å²) in [6.07, 6.45) is 1.74. The summed E-state index contributed by atoms with van der Waals surface area (Å²) in [5.74, 6) is 1.82. The first kappa shape index (κ1) is 18.3. The molecule has 6 nitrogen and oxygen atoms in total. The van der Waals surface area contributed by atoms with Crippen molar-refractivity contribution >= 4 is 5.82 Å². The third-order valence-electron chi connectivity index (χ3n) is 4.38. The number of nitrogens with one attached hydrogen (secondary N) is 1. The monoisotopic (exact) mass is 359 g/mol. The Hall–Kier alpha value is -3.46. The van der Waals surface area contributed by atoms with Crippen molar-refractivity contribution in [3.8, 4) is 17.7 Å². The standard InChI is InChI=1S/C21H21N5O/c1-13-5-6-14(2)19(9-13)27-20-8-7-17(11-23-20)12-24-21-18(10-22)15(3)16(4)25-26-21/h5-9,11H,12H2,1-4H3,(H,24,26). The molecule has 0 saturated carbocycles. The van der Waals surface area contributed by atoms with E-state index in [4.69, 9.17) is 4.74 Å². The summed E-state index contributed by atoms with van der Waals surface area (Å²) in [5, 5.41) is 20.7. The van der Waals surface area contributed by atoms with Crippen molar-refractivity contribution < 1.29 is 4.74 Å². The van der Waals surface area contributed by atoms with E-state index >= 15 is 0 Å². The second kappa shape index (κ2) is 7.83. The molecule has 6 heteroatoms. The Kier molecular flexibility index (Phi) is 5.32. The molecule has 2 aromatic heterocycles. The van der Waals surface area contributed by atoms with Gasteiger partial charge in [0.05, 0.1) is 5.69 Å². The van der Waals surface area contributed by atoms with Gasteiger partial charge in [-0.25, -0.2) is 4.98 Å². The summed E-state index contributed by atoms with van der Waals surface area (Å²) < 4.78 is 5.88. The Balaban J connectivity index is 1.69. The van der Waals surface area contributed by atoms with Crippen LogP contribution < -0.4 is 10.1 Å². The molecule has 2 heterocycles. The first-order valence-electron chi connectivity index (χ1n) is 8.66. The molecule has 3 aromatic rings. The van der Waals surface area contributed by atoms with Gasteiger partial charge in [-0.15, -0.1) is 5.10 Å². The van der Waals surface area contributed by atoms with Crippen molar-refractivity contribution in [2.24, 2.45) is 0 Å². The highest BCUT2D eigenvalue weighted by atomic mass is 16.5. The molecule has 0 aliphatic rings. The molecule has 0 unspecified atom stereocenters. The van der Waals surface area contributed by atoms with E-state index in [0.717, 1.165) is 33.7 Å². The van der Waals surface area contributed by atoms with Gasteiger partial charge >= 0.3 is 0 Å². The lowest BCUT2D eigenvalue weighted by Gasteiger charge is -2.11. The van der Waals surface area contributed by atoms with Gasteiger partial charge in [0.1, 0.15) is 17.4 Å².